The number of hydrogen-bond acceptors (Lipinski definition) is 3. The standard InChI is InChI=1S/C17H20N2O2/c1-21-16-9-7-13(11-15(16)18)8-10-17(20)19-12-14-5-3-2-4-6-14/h2-7,9,11H,8,10,12,18H2,1H3,(H,19,20). The van der Waals surface area contributed by atoms with Crippen LogP contribution in [-0.4, -0.2) is 13.0 Å². The van der Waals surface area contributed by atoms with Crippen LogP contribution in [-0.2, 0) is 17.8 Å². The number of hydrogen-bond donors (Lipinski definition) is 2. The first-order valence-corrected chi connectivity index (χ1v) is 6.92. The van der Waals surface area contributed by atoms with E-state index in [4.69, 9.17) is 10.5 Å². The van der Waals surface area contributed by atoms with E-state index in [0.717, 1.165) is 11.1 Å². The SMILES string of the molecule is COc1ccc(CCC(=O)NCc2ccccc2)cc1N. The fraction of sp³-hybridized carbons (Fsp3) is 0.235. The molecule has 0 saturated heterocycles. The number of ether oxygens (including phenoxy) is 1. The zero-order valence-corrected chi connectivity index (χ0v) is 12.1. The van der Waals surface area contributed by atoms with Gasteiger partial charge in [-0.2, -0.15) is 0 Å². The highest BCUT2D eigenvalue weighted by Gasteiger charge is 2.05. The fourth-order valence-electron chi connectivity index (χ4n) is 2.08. The molecule has 0 bridgehead atoms. The zero-order valence-electron chi connectivity index (χ0n) is 12.1. The third-order valence-electron chi connectivity index (χ3n) is 3.27. The van der Waals surface area contributed by atoms with Crippen LogP contribution in [0.15, 0.2) is 48.5 Å². The lowest BCUT2D eigenvalue weighted by molar-refractivity contribution is -0.121. The van der Waals surface area contributed by atoms with Gasteiger partial charge in [-0.05, 0) is 29.7 Å². The number of carbonyl (C=O) groups is 1. The maximum Gasteiger partial charge on any atom is 0.220 e. The quantitative estimate of drug-likeness (QED) is 0.801. The summed E-state index contributed by atoms with van der Waals surface area (Å²) in [4.78, 5) is 11.8. The van der Waals surface area contributed by atoms with Gasteiger partial charge in [-0.3, -0.25) is 4.79 Å². The van der Waals surface area contributed by atoms with Crippen LogP contribution < -0.4 is 15.8 Å². The molecule has 0 atom stereocenters. The summed E-state index contributed by atoms with van der Waals surface area (Å²) >= 11 is 0. The Bertz CT molecular complexity index is 597. The van der Waals surface area contributed by atoms with Crippen molar-refractivity contribution in [3.63, 3.8) is 0 Å². The maximum absolute atomic E-state index is 11.8. The molecule has 0 aliphatic rings. The molecular formula is C17H20N2O2. The molecule has 4 heteroatoms. The van der Waals surface area contributed by atoms with Crippen molar-refractivity contribution in [2.45, 2.75) is 19.4 Å². The molecule has 1 amide bonds. The highest BCUT2D eigenvalue weighted by Crippen LogP contribution is 2.22. The third-order valence-corrected chi connectivity index (χ3v) is 3.27. The molecule has 0 radical (unpaired) electrons. The first-order valence-electron chi connectivity index (χ1n) is 6.92. The minimum Gasteiger partial charge on any atom is -0.495 e. The molecule has 0 aromatic heterocycles. The fourth-order valence-corrected chi connectivity index (χ4v) is 2.08. The Balaban J connectivity index is 1.80. The molecule has 2 aromatic carbocycles. The number of aryl methyl sites for hydroxylation is 1. The number of methoxy groups -OCH3 is 1. The van der Waals surface area contributed by atoms with Crippen LogP contribution in [0, 0.1) is 0 Å². The molecular weight excluding hydrogens is 264 g/mol. The molecule has 0 saturated carbocycles. The van der Waals surface area contributed by atoms with Crippen LogP contribution in [0.4, 0.5) is 5.69 Å². The van der Waals surface area contributed by atoms with E-state index >= 15 is 0 Å². The predicted octanol–water partition coefficient (Wildman–Crippen LogP) is 2.53. The van der Waals surface area contributed by atoms with E-state index in [2.05, 4.69) is 5.32 Å². The van der Waals surface area contributed by atoms with Gasteiger partial charge < -0.3 is 15.8 Å². The molecule has 0 heterocycles. The van der Waals surface area contributed by atoms with E-state index in [0.29, 0.717) is 30.8 Å². The van der Waals surface area contributed by atoms with E-state index in [1.165, 1.54) is 0 Å². The number of nitrogens with two attached hydrogens (primary N) is 1. The number of benzene rings is 2. The molecule has 0 aliphatic heterocycles. The van der Waals surface area contributed by atoms with E-state index in [1.54, 1.807) is 7.11 Å². The van der Waals surface area contributed by atoms with Gasteiger partial charge in [0.15, 0.2) is 0 Å². The number of rotatable bonds is 6. The number of nitrogen functional groups attached to an aromatic ring is 1. The molecule has 2 aromatic rings. The molecule has 4 nitrogen and oxygen atoms in total. The topological polar surface area (TPSA) is 64.3 Å². The van der Waals surface area contributed by atoms with Crippen molar-refractivity contribution in [3.8, 4) is 5.75 Å². The van der Waals surface area contributed by atoms with Crippen molar-refractivity contribution >= 4 is 11.6 Å². The van der Waals surface area contributed by atoms with Gasteiger partial charge in [0.05, 0.1) is 12.8 Å². The predicted molar refractivity (Wildman–Crippen MR) is 84.0 cm³/mol. The summed E-state index contributed by atoms with van der Waals surface area (Å²) in [5, 5.41) is 2.91. The molecule has 0 aliphatic carbocycles. The zero-order chi connectivity index (χ0) is 15.1. The lowest BCUT2D eigenvalue weighted by Crippen LogP contribution is -2.22. The van der Waals surface area contributed by atoms with Crippen molar-refractivity contribution in [3.05, 3.63) is 59.7 Å². The summed E-state index contributed by atoms with van der Waals surface area (Å²) in [5.74, 6) is 0.695. The monoisotopic (exact) mass is 284 g/mol. The van der Waals surface area contributed by atoms with Crippen molar-refractivity contribution in [1.82, 2.24) is 5.32 Å². The second-order valence-electron chi connectivity index (χ2n) is 4.84. The number of nitrogens with one attached hydrogen (secondary N) is 1. The highest BCUT2D eigenvalue weighted by molar-refractivity contribution is 5.76. The van der Waals surface area contributed by atoms with Crippen LogP contribution >= 0.6 is 0 Å². The largest absolute Gasteiger partial charge is 0.495 e. The highest BCUT2D eigenvalue weighted by atomic mass is 16.5. The Morgan fingerprint density at radius 1 is 1.14 bits per heavy atom. The molecule has 0 spiro atoms. The summed E-state index contributed by atoms with van der Waals surface area (Å²) in [6, 6.07) is 15.5. The number of carbonyl (C=O) groups excluding carboxylic acids is 1. The van der Waals surface area contributed by atoms with Crippen molar-refractivity contribution in [2.75, 3.05) is 12.8 Å². The smallest absolute Gasteiger partial charge is 0.220 e. The van der Waals surface area contributed by atoms with Gasteiger partial charge in [0.25, 0.3) is 0 Å². The van der Waals surface area contributed by atoms with Crippen molar-refractivity contribution < 1.29 is 9.53 Å². The van der Waals surface area contributed by atoms with Gasteiger partial charge in [0.1, 0.15) is 5.75 Å². The van der Waals surface area contributed by atoms with Crippen molar-refractivity contribution in [1.29, 1.82) is 0 Å². The summed E-state index contributed by atoms with van der Waals surface area (Å²) < 4.78 is 5.11. The summed E-state index contributed by atoms with van der Waals surface area (Å²) in [6.07, 6.45) is 1.10. The minimum absolute atomic E-state index is 0.0354. The van der Waals surface area contributed by atoms with Gasteiger partial charge in [-0.15, -0.1) is 0 Å². The van der Waals surface area contributed by atoms with Gasteiger partial charge in [0, 0.05) is 13.0 Å². The van der Waals surface area contributed by atoms with Crippen LogP contribution in [0.1, 0.15) is 17.5 Å². The van der Waals surface area contributed by atoms with E-state index in [9.17, 15) is 4.79 Å². The Labute approximate surface area is 124 Å². The van der Waals surface area contributed by atoms with Crippen molar-refractivity contribution in [2.24, 2.45) is 0 Å². The second-order valence-corrected chi connectivity index (χ2v) is 4.84. The van der Waals surface area contributed by atoms with Crippen LogP contribution in [0.2, 0.25) is 0 Å². The maximum atomic E-state index is 11.8. The van der Waals surface area contributed by atoms with Crippen LogP contribution in [0.25, 0.3) is 0 Å². The first kappa shape index (κ1) is 14.9. The Hall–Kier alpha value is -2.49. The molecule has 2 rings (SSSR count). The van der Waals surface area contributed by atoms with E-state index < -0.39 is 0 Å². The molecule has 3 N–H and O–H groups in total. The van der Waals surface area contributed by atoms with E-state index in [1.807, 2.05) is 48.5 Å². The normalized spacial score (nSPS) is 10.1. The number of amides is 1. The van der Waals surface area contributed by atoms with Gasteiger partial charge in [0.2, 0.25) is 5.91 Å². The number of anilines is 1. The molecule has 21 heavy (non-hydrogen) atoms. The van der Waals surface area contributed by atoms with Crippen LogP contribution in [0.3, 0.4) is 0 Å². The van der Waals surface area contributed by atoms with E-state index in [-0.39, 0.29) is 5.91 Å². The lowest BCUT2D eigenvalue weighted by Gasteiger charge is -2.08. The molecule has 0 unspecified atom stereocenters. The van der Waals surface area contributed by atoms with Gasteiger partial charge in [-0.25, -0.2) is 0 Å². The average molecular weight is 284 g/mol. The van der Waals surface area contributed by atoms with Crippen LogP contribution in [0.5, 0.6) is 5.75 Å². The lowest BCUT2D eigenvalue weighted by atomic mass is 10.1. The first-order chi connectivity index (χ1) is 10.2. The Morgan fingerprint density at radius 2 is 1.90 bits per heavy atom. The van der Waals surface area contributed by atoms with Gasteiger partial charge in [-0.1, -0.05) is 36.4 Å². The molecule has 0 fully saturated rings. The average Bonchev–Trinajstić information content (AvgIpc) is 2.52. The Morgan fingerprint density at radius 3 is 2.57 bits per heavy atom. The second kappa shape index (κ2) is 7.33. The summed E-state index contributed by atoms with van der Waals surface area (Å²) in [7, 11) is 1.59. The molecule has 110 valence electrons. The Kier molecular flexibility index (Phi) is 5.21. The third kappa shape index (κ3) is 4.53. The minimum atomic E-state index is 0.0354. The summed E-state index contributed by atoms with van der Waals surface area (Å²) in [6.45, 7) is 0.560. The van der Waals surface area contributed by atoms with Gasteiger partial charge >= 0.3 is 0 Å². The summed E-state index contributed by atoms with van der Waals surface area (Å²) in [5.41, 5.74) is 8.57.